The molecule has 0 saturated carbocycles. The van der Waals surface area contributed by atoms with Crippen LogP contribution in [0.4, 0.5) is 19.0 Å². The number of halogens is 4. The number of hydrogen-bond donors (Lipinski definition) is 2. The van der Waals surface area contributed by atoms with Gasteiger partial charge < -0.3 is 15.5 Å². The summed E-state index contributed by atoms with van der Waals surface area (Å²) in [5.74, 6) is 1.28. The average molecular weight is 473 g/mol. The molecule has 0 aliphatic heterocycles. The van der Waals surface area contributed by atoms with Crippen LogP contribution in [0.3, 0.4) is 0 Å². The molecule has 0 unspecified atom stereocenters. The molecule has 1 heterocycles. The van der Waals surface area contributed by atoms with E-state index in [0.717, 1.165) is 50.6 Å². The minimum atomic E-state index is -4.35. The number of aliphatic imine (C=N–C) groups is 1. The van der Waals surface area contributed by atoms with Crippen LogP contribution in [0.15, 0.2) is 23.3 Å². The van der Waals surface area contributed by atoms with Gasteiger partial charge in [-0.2, -0.15) is 13.2 Å². The van der Waals surface area contributed by atoms with E-state index in [0.29, 0.717) is 12.4 Å². The summed E-state index contributed by atoms with van der Waals surface area (Å²) >= 11 is 0. The SMILES string of the molecule is CCCCN(C)C(=NC)NCCCNc1ccc(C(F)(F)F)cn1.I. The normalized spacial score (nSPS) is 11.7. The van der Waals surface area contributed by atoms with Gasteiger partial charge in [-0.15, -0.1) is 24.0 Å². The Kier molecular flexibility index (Phi) is 11.5. The van der Waals surface area contributed by atoms with Crippen LogP contribution in [-0.4, -0.2) is 49.6 Å². The molecular formula is C16H27F3IN5. The van der Waals surface area contributed by atoms with Gasteiger partial charge in [-0.1, -0.05) is 13.3 Å². The van der Waals surface area contributed by atoms with Crippen molar-refractivity contribution in [3.8, 4) is 0 Å². The molecule has 0 amide bonds. The van der Waals surface area contributed by atoms with Gasteiger partial charge in [0, 0.05) is 39.9 Å². The number of nitrogens with one attached hydrogen (secondary N) is 2. The smallest absolute Gasteiger partial charge is 0.370 e. The Morgan fingerprint density at radius 1 is 1.24 bits per heavy atom. The summed E-state index contributed by atoms with van der Waals surface area (Å²) in [5.41, 5.74) is -0.742. The van der Waals surface area contributed by atoms with Crippen LogP contribution in [0.25, 0.3) is 0 Å². The van der Waals surface area contributed by atoms with Crippen molar-refractivity contribution in [3.63, 3.8) is 0 Å². The number of pyridine rings is 1. The van der Waals surface area contributed by atoms with Crippen molar-refractivity contribution in [2.24, 2.45) is 4.99 Å². The van der Waals surface area contributed by atoms with Crippen LogP contribution < -0.4 is 10.6 Å². The molecule has 9 heteroatoms. The molecule has 1 aromatic heterocycles. The van der Waals surface area contributed by atoms with E-state index in [-0.39, 0.29) is 24.0 Å². The van der Waals surface area contributed by atoms with Gasteiger partial charge in [0.1, 0.15) is 5.82 Å². The topological polar surface area (TPSA) is 52.5 Å². The number of alkyl halides is 3. The molecule has 0 saturated heterocycles. The third-order valence-corrected chi connectivity index (χ3v) is 3.45. The summed E-state index contributed by atoms with van der Waals surface area (Å²) < 4.78 is 37.3. The van der Waals surface area contributed by atoms with Crippen molar-refractivity contribution >= 4 is 35.8 Å². The molecule has 0 spiro atoms. The van der Waals surface area contributed by atoms with Crippen LogP contribution in [0.1, 0.15) is 31.7 Å². The minimum Gasteiger partial charge on any atom is -0.370 e. The zero-order valence-electron chi connectivity index (χ0n) is 14.9. The van der Waals surface area contributed by atoms with Crippen LogP contribution in [0, 0.1) is 0 Å². The Balaban J connectivity index is 0.00000576. The lowest BCUT2D eigenvalue weighted by Gasteiger charge is -2.21. The number of unbranched alkanes of at least 4 members (excludes halogenated alkanes) is 1. The standard InChI is InChI=1S/C16H26F3N5.HI/c1-4-5-11-24(3)15(20-2)22-10-6-9-21-14-8-7-13(12-23-14)16(17,18)19;/h7-8,12H,4-6,9-11H2,1-3H3,(H,20,22)(H,21,23);1H. The van der Waals surface area contributed by atoms with Gasteiger partial charge >= 0.3 is 6.18 Å². The van der Waals surface area contributed by atoms with Crippen molar-refractivity contribution in [3.05, 3.63) is 23.9 Å². The van der Waals surface area contributed by atoms with Gasteiger partial charge in [-0.25, -0.2) is 4.98 Å². The predicted molar refractivity (Wildman–Crippen MR) is 107 cm³/mol. The van der Waals surface area contributed by atoms with Gasteiger partial charge in [-0.05, 0) is 25.0 Å². The molecule has 0 bridgehead atoms. The van der Waals surface area contributed by atoms with Crippen molar-refractivity contribution in [1.82, 2.24) is 15.2 Å². The molecule has 1 aromatic rings. The lowest BCUT2D eigenvalue weighted by Crippen LogP contribution is -2.40. The molecule has 0 aliphatic carbocycles. The third kappa shape index (κ3) is 9.13. The van der Waals surface area contributed by atoms with Gasteiger partial charge in [0.15, 0.2) is 5.96 Å². The van der Waals surface area contributed by atoms with Gasteiger partial charge in [-0.3, -0.25) is 4.99 Å². The molecule has 5 nitrogen and oxygen atoms in total. The molecule has 0 aromatic carbocycles. The molecule has 144 valence electrons. The number of rotatable bonds is 8. The van der Waals surface area contributed by atoms with E-state index < -0.39 is 11.7 Å². The summed E-state index contributed by atoms with van der Waals surface area (Å²) in [5, 5.41) is 6.27. The van der Waals surface area contributed by atoms with Crippen molar-refractivity contribution in [1.29, 1.82) is 0 Å². The van der Waals surface area contributed by atoms with Crippen molar-refractivity contribution in [2.75, 3.05) is 39.0 Å². The molecule has 0 radical (unpaired) electrons. The molecule has 2 N–H and O–H groups in total. The summed E-state index contributed by atoms with van der Waals surface area (Å²) in [6.45, 7) is 4.42. The average Bonchev–Trinajstić information content (AvgIpc) is 2.55. The van der Waals surface area contributed by atoms with Crippen LogP contribution >= 0.6 is 24.0 Å². The second-order valence-electron chi connectivity index (χ2n) is 5.46. The Hall–Kier alpha value is -1.26. The molecule has 1 rings (SSSR count). The summed E-state index contributed by atoms with van der Waals surface area (Å²) in [6.07, 6.45) is -0.479. The second-order valence-corrected chi connectivity index (χ2v) is 5.46. The number of guanidine groups is 1. The number of nitrogens with zero attached hydrogens (tertiary/aromatic N) is 3. The maximum Gasteiger partial charge on any atom is 0.417 e. The molecule has 25 heavy (non-hydrogen) atoms. The summed E-state index contributed by atoms with van der Waals surface area (Å²) in [6, 6.07) is 2.37. The first-order valence-electron chi connectivity index (χ1n) is 8.07. The first-order valence-corrected chi connectivity index (χ1v) is 8.07. The first kappa shape index (κ1) is 23.7. The fourth-order valence-corrected chi connectivity index (χ4v) is 2.06. The van der Waals surface area contributed by atoms with Gasteiger partial charge in [0.25, 0.3) is 0 Å². The summed E-state index contributed by atoms with van der Waals surface area (Å²) in [4.78, 5) is 10.1. The fraction of sp³-hybridized carbons (Fsp3) is 0.625. The van der Waals surface area contributed by atoms with Crippen LogP contribution in [0.2, 0.25) is 0 Å². The lowest BCUT2D eigenvalue weighted by molar-refractivity contribution is -0.137. The van der Waals surface area contributed by atoms with E-state index in [1.165, 1.54) is 6.07 Å². The zero-order chi connectivity index (χ0) is 18.0. The van der Waals surface area contributed by atoms with E-state index in [4.69, 9.17) is 0 Å². The van der Waals surface area contributed by atoms with Crippen molar-refractivity contribution in [2.45, 2.75) is 32.4 Å². The Morgan fingerprint density at radius 2 is 1.96 bits per heavy atom. The highest BCUT2D eigenvalue weighted by Crippen LogP contribution is 2.28. The summed E-state index contributed by atoms with van der Waals surface area (Å²) in [7, 11) is 3.74. The largest absolute Gasteiger partial charge is 0.417 e. The van der Waals surface area contributed by atoms with E-state index >= 15 is 0 Å². The van der Waals surface area contributed by atoms with E-state index in [1.807, 2.05) is 7.05 Å². The quantitative estimate of drug-likeness (QED) is 0.261. The Labute approximate surface area is 164 Å². The highest BCUT2D eigenvalue weighted by Gasteiger charge is 2.30. The highest BCUT2D eigenvalue weighted by atomic mass is 127. The maximum atomic E-state index is 12.4. The second kappa shape index (κ2) is 12.2. The zero-order valence-corrected chi connectivity index (χ0v) is 17.2. The van der Waals surface area contributed by atoms with Gasteiger partial charge in [0.05, 0.1) is 5.56 Å². The molecule has 0 fully saturated rings. The van der Waals surface area contributed by atoms with E-state index in [2.05, 4.69) is 32.4 Å². The Morgan fingerprint density at radius 3 is 2.48 bits per heavy atom. The van der Waals surface area contributed by atoms with E-state index in [9.17, 15) is 13.2 Å². The fourth-order valence-electron chi connectivity index (χ4n) is 2.06. The van der Waals surface area contributed by atoms with Crippen LogP contribution in [-0.2, 0) is 6.18 Å². The van der Waals surface area contributed by atoms with Crippen LogP contribution in [0.5, 0.6) is 0 Å². The molecular weight excluding hydrogens is 446 g/mol. The molecule has 0 atom stereocenters. The number of aromatic nitrogens is 1. The lowest BCUT2D eigenvalue weighted by atomic mass is 10.3. The maximum absolute atomic E-state index is 12.4. The van der Waals surface area contributed by atoms with Gasteiger partial charge in [0.2, 0.25) is 0 Å². The van der Waals surface area contributed by atoms with E-state index in [1.54, 1.807) is 7.05 Å². The first-order chi connectivity index (χ1) is 11.4. The monoisotopic (exact) mass is 473 g/mol. The number of anilines is 1. The Bertz CT molecular complexity index is 505. The molecule has 0 aliphatic rings. The predicted octanol–water partition coefficient (Wildman–Crippen LogP) is 3.83. The minimum absolute atomic E-state index is 0. The highest BCUT2D eigenvalue weighted by molar-refractivity contribution is 14.0. The third-order valence-electron chi connectivity index (χ3n) is 3.45. The number of hydrogen-bond acceptors (Lipinski definition) is 3. The van der Waals surface area contributed by atoms with Crippen molar-refractivity contribution < 1.29 is 13.2 Å².